The van der Waals surface area contributed by atoms with Crippen LogP contribution in [0.2, 0.25) is 0 Å². The van der Waals surface area contributed by atoms with Crippen molar-refractivity contribution in [3.05, 3.63) is 18.0 Å². The minimum atomic E-state index is 0.255. The van der Waals surface area contributed by atoms with Crippen LogP contribution in [0, 0.1) is 12.3 Å². The zero-order valence-corrected chi connectivity index (χ0v) is 5.70. The molecule has 0 saturated carbocycles. The second-order valence-corrected chi connectivity index (χ2v) is 2.07. The van der Waals surface area contributed by atoms with Crippen LogP contribution < -0.4 is 9.47 Å². The number of nitrogens with zero attached hydrogens (tertiary/aromatic N) is 1. The fraction of sp³-hybridized carbons (Fsp3) is 0.125. The van der Waals surface area contributed by atoms with Gasteiger partial charge in [0.2, 0.25) is 6.79 Å². The first kappa shape index (κ1) is 6.05. The Bertz CT molecular complexity index is 327. The molecule has 0 aliphatic carbocycles. The van der Waals surface area contributed by atoms with Crippen LogP contribution in [-0.4, -0.2) is 11.8 Å². The highest BCUT2D eigenvalue weighted by molar-refractivity contribution is 5.44. The first-order chi connectivity index (χ1) is 5.40. The smallest absolute Gasteiger partial charge is 0.231 e. The molecule has 0 atom stereocenters. The first-order valence-corrected chi connectivity index (χ1v) is 3.12. The summed E-state index contributed by atoms with van der Waals surface area (Å²) >= 11 is 0. The van der Waals surface area contributed by atoms with Gasteiger partial charge < -0.3 is 9.47 Å². The fourth-order valence-corrected chi connectivity index (χ4v) is 0.881. The third-order valence-corrected chi connectivity index (χ3v) is 1.41. The summed E-state index contributed by atoms with van der Waals surface area (Å²) in [4.78, 5) is 3.93. The third-order valence-electron chi connectivity index (χ3n) is 1.41. The van der Waals surface area contributed by atoms with E-state index in [1.165, 1.54) is 0 Å². The predicted octanol–water partition coefficient (Wildman–Crippen LogP) is 0.792. The van der Waals surface area contributed by atoms with E-state index in [2.05, 4.69) is 10.9 Å². The Balaban J connectivity index is 2.51. The molecule has 1 aliphatic heterocycles. The average molecular weight is 147 g/mol. The molecule has 0 spiro atoms. The summed E-state index contributed by atoms with van der Waals surface area (Å²) in [5.74, 6) is 3.74. The zero-order valence-electron chi connectivity index (χ0n) is 5.70. The maximum absolute atomic E-state index is 5.14. The van der Waals surface area contributed by atoms with Crippen molar-refractivity contribution in [1.82, 2.24) is 4.98 Å². The Morgan fingerprint density at radius 3 is 3.09 bits per heavy atom. The molecule has 2 rings (SSSR count). The second-order valence-electron chi connectivity index (χ2n) is 2.07. The summed E-state index contributed by atoms with van der Waals surface area (Å²) in [6.45, 7) is 0.255. The highest BCUT2D eigenvalue weighted by Gasteiger charge is 2.12. The zero-order chi connectivity index (χ0) is 7.68. The number of hydrogen-bond acceptors (Lipinski definition) is 3. The molecular weight excluding hydrogens is 142 g/mol. The van der Waals surface area contributed by atoms with Crippen LogP contribution in [0.5, 0.6) is 11.5 Å². The van der Waals surface area contributed by atoms with Gasteiger partial charge in [-0.1, -0.05) is 5.92 Å². The van der Waals surface area contributed by atoms with Crippen LogP contribution in [0.4, 0.5) is 0 Å². The number of aromatic nitrogens is 1. The highest BCUT2D eigenvalue weighted by Crippen LogP contribution is 2.30. The molecule has 11 heavy (non-hydrogen) atoms. The van der Waals surface area contributed by atoms with Crippen molar-refractivity contribution >= 4 is 0 Å². The van der Waals surface area contributed by atoms with Crippen LogP contribution in [0.1, 0.15) is 5.69 Å². The van der Waals surface area contributed by atoms with Gasteiger partial charge in [-0.15, -0.1) is 6.42 Å². The van der Waals surface area contributed by atoms with Crippen LogP contribution in [-0.2, 0) is 0 Å². The largest absolute Gasteiger partial charge is 0.453 e. The van der Waals surface area contributed by atoms with E-state index in [9.17, 15) is 0 Å². The standard InChI is InChI=1S/C8H5NO2/c1-2-6-3-7-8(4-9-6)11-5-10-7/h1,3-4H,5H2. The predicted molar refractivity (Wildman–Crippen MR) is 38.3 cm³/mol. The minimum Gasteiger partial charge on any atom is -0.453 e. The fourth-order valence-electron chi connectivity index (χ4n) is 0.881. The van der Waals surface area contributed by atoms with E-state index in [0.717, 1.165) is 0 Å². The quantitative estimate of drug-likeness (QED) is 0.508. The van der Waals surface area contributed by atoms with Crippen molar-refractivity contribution in [3.8, 4) is 23.8 Å². The van der Waals surface area contributed by atoms with E-state index in [0.29, 0.717) is 17.2 Å². The number of fused-ring (bicyclic) bond motifs is 1. The van der Waals surface area contributed by atoms with Crippen molar-refractivity contribution in [2.75, 3.05) is 6.79 Å². The summed E-state index contributed by atoms with van der Waals surface area (Å²) < 4.78 is 10.1. The van der Waals surface area contributed by atoms with Crippen molar-refractivity contribution in [1.29, 1.82) is 0 Å². The highest BCUT2D eigenvalue weighted by atomic mass is 16.7. The molecule has 0 amide bonds. The summed E-state index contributed by atoms with van der Waals surface area (Å²) in [6.07, 6.45) is 6.70. The molecule has 0 N–H and O–H groups in total. The monoisotopic (exact) mass is 147 g/mol. The minimum absolute atomic E-state index is 0.255. The van der Waals surface area contributed by atoms with Gasteiger partial charge in [0.05, 0.1) is 6.20 Å². The van der Waals surface area contributed by atoms with Crippen molar-refractivity contribution in [3.63, 3.8) is 0 Å². The van der Waals surface area contributed by atoms with Gasteiger partial charge in [0, 0.05) is 6.07 Å². The molecule has 0 radical (unpaired) electrons. The molecule has 54 valence electrons. The van der Waals surface area contributed by atoms with Gasteiger partial charge >= 0.3 is 0 Å². The average Bonchev–Trinajstić information content (AvgIpc) is 2.50. The van der Waals surface area contributed by atoms with E-state index in [-0.39, 0.29) is 6.79 Å². The molecule has 1 aromatic rings. The van der Waals surface area contributed by atoms with Crippen LogP contribution >= 0.6 is 0 Å². The summed E-state index contributed by atoms with van der Waals surface area (Å²) in [5.41, 5.74) is 0.564. The van der Waals surface area contributed by atoms with E-state index in [1.54, 1.807) is 12.3 Å². The second kappa shape index (κ2) is 2.17. The Hall–Kier alpha value is -1.69. The van der Waals surface area contributed by atoms with Crippen LogP contribution in [0.3, 0.4) is 0 Å². The molecule has 0 saturated heterocycles. The normalized spacial score (nSPS) is 12.6. The Morgan fingerprint density at radius 1 is 1.45 bits per heavy atom. The first-order valence-electron chi connectivity index (χ1n) is 3.12. The third kappa shape index (κ3) is 0.887. The van der Waals surface area contributed by atoms with Gasteiger partial charge in [0.1, 0.15) is 5.69 Å². The van der Waals surface area contributed by atoms with Gasteiger partial charge in [-0.3, -0.25) is 0 Å². The van der Waals surface area contributed by atoms with Gasteiger partial charge in [0.25, 0.3) is 0 Å². The number of hydrogen-bond donors (Lipinski definition) is 0. The van der Waals surface area contributed by atoms with Crippen molar-refractivity contribution < 1.29 is 9.47 Å². The molecule has 1 aliphatic rings. The molecule has 2 heterocycles. The maximum atomic E-state index is 5.14. The van der Waals surface area contributed by atoms with E-state index in [1.807, 2.05) is 0 Å². The lowest BCUT2D eigenvalue weighted by Gasteiger charge is -1.93. The summed E-state index contributed by atoms with van der Waals surface area (Å²) in [5, 5.41) is 0. The topological polar surface area (TPSA) is 31.4 Å². The lowest BCUT2D eigenvalue weighted by molar-refractivity contribution is 0.174. The van der Waals surface area contributed by atoms with E-state index < -0.39 is 0 Å². The van der Waals surface area contributed by atoms with E-state index in [4.69, 9.17) is 15.9 Å². The Morgan fingerprint density at radius 2 is 2.27 bits per heavy atom. The van der Waals surface area contributed by atoms with Gasteiger partial charge in [-0.05, 0) is 0 Å². The number of terminal acetylenes is 1. The maximum Gasteiger partial charge on any atom is 0.231 e. The number of rotatable bonds is 0. The van der Waals surface area contributed by atoms with E-state index >= 15 is 0 Å². The number of pyridine rings is 1. The van der Waals surface area contributed by atoms with Gasteiger partial charge in [-0.2, -0.15) is 0 Å². The summed E-state index contributed by atoms with van der Waals surface area (Å²) in [6, 6.07) is 1.68. The molecule has 0 bridgehead atoms. The molecular formula is C8H5NO2. The number of ether oxygens (including phenoxy) is 2. The van der Waals surface area contributed by atoms with Gasteiger partial charge in [-0.25, -0.2) is 4.98 Å². The van der Waals surface area contributed by atoms with Crippen LogP contribution in [0.15, 0.2) is 12.3 Å². The molecule has 0 aromatic carbocycles. The molecule has 3 heteroatoms. The molecule has 3 nitrogen and oxygen atoms in total. The molecule has 0 unspecified atom stereocenters. The van der Waals surface area contributed by atoms with Crippen molar-refractivity contribution in [2.45, 2.75) is 0 Å². The Kier molecular flexibility index (Phi) is 1.19. The van der Waals surface area contributed by atoms with Crippen LogP contribution in [0.25, 0.3) is 0 Å². The SMILES string of the molecule is C#Cc1cc2c(cn1)OCO2. The van der Waals surface area contributed by atoms with Gasteiger partial charge in [0.15, 0.2) is 11.5 Å². The molecule has 0 fully saturated rings. The lowest BCUT2D eigenvalue weighted by atomic mass is 10.3. The lowest BCUT2D eigenvalue weighted by Crippen LogP contribution is -1.92. The summed E-state index contributed by atoms with van der Waals surface area (Å²) in [7, 11) is 0. The Labute approximate surface area is 64.0 Å². The molecule has 1 aromatic heterocycles. The van der Waals surface area contributed by atoms with Crippen molar-refractivity contribution in [2.24, 2.45) is 0 Å².